The SMILES string of the molecule is COc1ccc(OC)c([C@@H]2CCC(=O)O2)c1. The first-order valence-corrected chi connectivity index (χ1v) is 5.16. The van der Waals surface area contributed by atoms with E-state index in [0.717, 1.165) is 17.1 Å². The Labute approximate surface area is 94.1 Å². The van der Waals surface area contributed by atoms with Crippen LogP contribution in [-0.4, -0.2) is 20.2 Å². The Bertz CT molecular complexity index is 400. The quantitative estimate of drug-likeness (QED) is 0.734. The van der Waals surface area contributed by atoms with Crippen molar-refractivity contribution in [2.45, 2.75) is 18.9 Å². The van der Waals surface area contributed by atoms with Crippen molar-refractivity contribution in [3.8, 4) is 11.5 Å². The van der Waals surface area contributed by atoms with Crippen molar-refractivity contribution in [3.05, 3.63) is 23.8 Å². The number of methoxy groups -OCH3 is 2. The molecule has 0 bridgehead atoms. The van der Waals surface area contributed by atoms with Gasteiger partial charge in [-0.15, -0.1) is 0 Å². The number of cyclic esters (lactones) is 1. The van der Waals surface area contributed by atoms with Gasteiger partial charge in [0.15, 0.2) is 0 Å². The topological polar surface area (TPSA) is 44.8 Å². The Balaban J connectivity index is 2.33. The Morgan fingerprint density at radius 3 is 2.69 bits per heavy atom. The van der Waals surface area contributed by atoms with Crippen LogP contribution in [0, 0.1) is 0 Å². The predicted molar refractivity (Wildman–Crippen MR) is 57.6 cm³/mol. The molecule has 86 valence electrons. The molecule has 1 aromatic rings. The van der Waals surface area contributed by atoms with Crippen LogP contribution in [-0.2, 0) is 9.53 Å². The maximum absolute atomic E-state index is 11.1. The maximum Gasteiger partial charge on any atom is 0.306 e. The first-order valence-electron chi connectivity index (χ1n) is 5.16. The number of carbonyl (C=O) groups is 1. The summed E-state index contributed by atoms with van der Waals surface area (Å²) in [7, 11) is 3.20. The minimum absolute atomic E-state index is 0.158. The van der Waals surface area contributed by atoms with E-state index >= 15 is 0 Å². The van der Waals surface area contributed by atoms with Crippen molar-refractivity contribution >= 4 is 5.97 Å². The van der Waals surface area contributed by atoms with E-state index in [0.29, 0.717) is 12.8 Å². The van der Waals surface area contributed by atoms with Gasteiger partial charge in [0.05, 0.1) is 14.2 Å². The molecule has 0 aliphatic carbocycles. The smallest absolute Gasteiger partial charge is 0.306 e. The normalized spacial score (nSPS) is 19.4. The summed E-state index contributed by atoms with van der Waals surface area (Å²) < 4.78 is 15.6. The van der Waals surface area contributed by atoms with Gasteiger partial charge in [-0.3, -0.25) is 4.79 Å². The van der Waals surface area contributed by atoms with E-state index in [4.69, 9.17) is 14.2 Å². The van der Waals surface area contributed by atoms with Crippen LogP contribution in [0.2, 0.25) is 0 Å². The van der Waals surface area contributed by atoms with Gasteiger partial charge < -0.3 is 14.2 Å². The van der Waals surface area contributed by atoms with Crippen LogP contribution >= 0.6 is 0 Å². The molecule has 1 heterocycles. The molecule has 0 saturated carbocycles. The molecule has 1 fully saturated rings. The average Bonchev–Trinajstić information content (AvgIpc) is 2.75. The standard InChI is InChI=1S/C12H14O4/c1-14-8-3-4-10(15-2)9(7-8)11-5-6-12(13)16-11/h3-4,7,11H,5-6H2,1-2H3/t11-/m0/s1. The molecule has 1 aliphatic rings. The van der Waals surface area contributed by atoms with Gasteiger partial charge in [-0.05, 0) is 24.6 Å². The molecule has 1 aromatic carbocycles. The first kappa shape index (κ1) is 10.8. The molecule has 1 saturated heterocycles. The fraction of sp³-hybridized carbons (Fsp3) is 0.417. The molecule has 4 heteroatoms. The maximum atomic E-state index is 11.1. The van der Waals surface area contributed by atoms with Gasteiger partial charge in [0.1, 0.15) is 17.6 Å². The number of esters is 1. The summed E-state index contributed by atoms with van der Waals surface area (Å²) in [6, 6.07) is 5.49. The van der Waals surface area contributed by atoms with Crippen LogP contribution in [0.1, 0.15) is 24.5 Å². The lowest BCUT2D eigenvalue weighted by Gasteiger charge is -2.14. The molecule has 2 rings (SSSR count). The van der Waals surface area contributed by atoms with Gasteiger partial charge in [0.25, 0.3) is 0 Å². The zero-order valence-electron chi connectivity index (χ0n) is 9.36. The highest BCUT2D eigenvalue weighted by molar-refractivity contribution is 5.72. The van der Waals surface area contributed by atoms with Crippen LogP contribution in [0.4, 0.5) is 0 Å². The molecule has 0 spiro atoms. The molecule has 0 amide bonds. The Kier molecular flexibility index (Phi) is 2.99. The summed E-state index contributed by atoms with van der Waals surface area (Å²) in [6.07, 6.45) is 0.950. The summed E-state index contributed by atoms with van der Waals surface area (Å²) in [5.41, 5.74) is 0.868. The van der Waals surface area contributed by atoms with E-state index in [1.807, 2.05) is 18.2 Å². The van der Waals surface area contributed by atoms with Crippen molar-refractivity contribution < 1.29 is 19.0 Å². The average molecular weight is 222 g/mol. The number of rotatable bonds is 3. The monoisotopic (exact) mass is 222 g/mol. The minimum Gasteiger partial charge on any atom is -0.497 e. The number of hydrogen-bond acceptors (Lipinski definition) is 4. The highest BCUT2D eigenvalue weighted by Gasteiger charge is 2.27. The van der Waals surface area contributed by atoms with Gasteiger partial charge >= 0.3 is 5.97 Å². The third kappa shape index (κ3) is 1.96. The summed E-state index contributed by atoms with van der Waals surface area (Å²) >= 11 is 0. The molecule has 0 radical (unpaired) electrons. The summed E-state index contributed by atoms with van der Waals surface area (Å²) in [5.74, 6) is 1.30. The van der Waals surface area contributed by atoms with E-state index in [2.05, 4.69) is 0 Å². The number of carbonyl (C=O) groups excluding carboxylic acids is 1. The van der Waals surface area contributed by atoms with Gasteiger partial charge in [-0.1, -0.05) is 0 Å². The van der Waals surface area contributed by atoms with Crippen LogP contribution < -0.4 is 9.47 Å². The van der Waals surface area contributed by atoms with Crippen molar-refractivity contribution in [3.63, 3.8) is 0 Å². The second-order valence-electron chi connectivity index (χ2n) is 3.63. The molecule has 0 aromatic heterocycles. The second kappa shape index (κ2) is 4.43. The number of hydrogen-bond donors (Lipinski definition) is 0. The lowest BCUT2D eigenvalue weighted by atomic mass is 10.1. The zero-order valence-corrected chi connectivity index (χ0v) is 9.36. The van der Waals surface area contributed by atoms with Crippen molar-refractivity contribution in [2.75, 3.05) is 14.2 Å². The molecule has 0 N–H and O–H groups in total. The molecule has 1 aliphatic heterocycles. The second-order valence-corrected chi connectivity index (χ2v) is 3.63. The third-order valence-corrected chi connectivity index (χ3v) is 2.67. The van der Waals surface area contributed by atoms with E-state index in [9.17, 15) is 4.79 Å². The van der Waals surface area contributed by atoms with Gasteiger partial charge in [-0.2, -0.15) is 0 Å². The van der Waals surface area contributed by atoms with E-state index < -0.39 is 0 Å². The van der Waals surface area contributed by atoms with E-state index in [-0.39, 0.29) is 12.1 Å². The fourth-order valence-corrected chi connectivity index (χ4v) is 1.84. The zero-order chi connectivity index (χ0) is 11.5. The summed E-state index contributed by atoms with van der Waals surface area (Å²) in [5, 5.41) is 0. The third-order valence-electron chi connectivity index (χ3n) is 2.67. The van der Waals surface area contributed by atoms with Crippen molar-refractivity contribution in [1.82, 2.24) is 0 Å². The number of ether oxygens (including phenoxy) is 3. The Hall–Kier alpha value is -1.71. The van der Waals surface area contributed by atoms with E-state index in [1.165, 1.54) is 0 Å². The van der Waals surface area contributed by atoms with Gasteiger partial charge in [0.2, 0.25) is 0 Å². The van der Waals surface area contributed by atoms with Crippen LogP contribution in [0.15, 0.2) is 18.2 Å². The number of benzene rings is 1. The predicted octanol–water partition coefficient (Wildman–Crippen LogP) is 2.08. The molecular formula is C12H14O4. The molecular weight excluding hydrogens is 208 g/mol. The summed E-state index contributed by atoms with van der Waals surface area (Å²) in [6.45, 7) is 0. The molecule has 4 nitrogen and oxygen atoms in total. The fourth-order valence-electron chi connectivity index (χ4n) is 1.84. The highest BCUT2D eigenvalue weighted by atomic mass is 16.6. The van der Waals surface area contributed by atoms with Crippen LogP contribution in [0.25, 0.3) is 0 Å². The first-order chi connectivity index (χ1) is 7.74. The summed E-state index contributed by atoms with van der Waals surface area (Å²) in [4.78, 5) is 11.1. The van der Waals surface area contributed by atoms with Gasteiger partial charge in [0, 0.05) is 12.0 Å². The minimum atomic E-state index is -0.211. The van der Waals surface area contributed by atoms with Crippen LogP contribution in [0.5, 0.6) is 11.5 Å². The Morgan fingerprint density at radius 2 is 2.12 bits per heavy atom. The van der Waals surface area contributed by atoms with Crippen LogP contribution in [0.3, 0.4) is 0 Å². The molecule has 0 unspecified atom stereocenters. The Morgan fingerprint density at radius 1 is 1.31 bits per heavy atom. The van der Waals surface area contributed by atoms with Crippen molar-refractivity contribution in [2.24, 2.45) is 0 Å². The molecule has 1 atom stereocenters. The van der Waals surface area contributed by atoms with Crippen molar-refractivity contribution in [1.29, 1.82) is 0 Å². The molecule has 16 heavy (non-hydrogen) atoms. The largest absolute Gasteiger partial charge is 0.497 e. The van der Waals surface area contributed by atoms with E-state index in [1.54, 1.807) is 14.2 Å². The van der Waals surface area contributed by atoms with Gasteiger partial charge in [-0.25, -0.2) is 0 Å². The highest BCUT2D eigenvalue weighted by Crippen LogP contribution is 2.37. The lowest BCUT2D eigenvalue weighted by Crippen LogP contribution is -2.02. The lowest BCUT2D eigenvalue weighted by molar-refractivity contribution is -0.141.